The van der Waals surface area contributed by atoms with Crippen LogP contribution >= 0.6 is 0 Å². The summed E-state index contributed by atoms with van der Waals surface area (Å²) < 4.78 is 0. The van der Waals surface area contributed by atoms with Gasteiger partial charge in [0, 0.05) is 0 Å². The molecule has 0 amide bonds. The number of likely N-dealkylation sites (N-methyl/N-ethyl adjacent to an activating group) is 2. The van der Waals surface area contributed by atoms with E-state index in [2.05, 4.69) is 107 Å². The molecule has 176 valence electrons. The molecule has 0 bridgehead atoms. The Morgan fingerprint density at radius 2 is 1.06 bits per heavy atom. The first-order valence-electron chi connectivity index (χ1n) is 11.7. The van der Waals surface area contributed by atoms with Gasteiger partial charge in [-0.2, -0.15) is 24.1 Å². The topological polar surface area (TPSA) is 29.5 Å². The van der Waals surface area contributed by atoms with Crippen LogP contribution in [0.5, 0.6) is 0 Å². The summed E-state index contributed by atoms with van der Waals surface area (Å²) in [5.41, 5.74) is 3.26. The number of hydrogen-bond acceptors (Lipinski definition) is 3. The molecule has 3 aromatic rings. The molecule has 0 heterocycles. The van der Waals surface area contributed by atoms with Crippen molar-refractivity contribution >= 4 is 0 Å². The molecule has 3 rings (SSSR count). The third-order valence-electron chi connectivity index (χ3n) is 6.46. The maximum absolute atomic E-state index is 14.2. The predicted molar refractivity (Wildman–Crippen MR) is 136 cm³/mol. The molecule has 0 saturated carbocycles. The van der Waals surface area contributed by atoms with Gasteiger partial charge in [-0.15, -0.1) is 12.1 Å². The molecule has 0 aliphatic rings. The van der Waals surface area contributed by atoms with Crippen molar-refractivity contribution in [3.05, 3.63) is 114 Å². The fourth-order valence-electron chi connectivity index (χ4n) is 4.65. The molecule has 4 atom stereocenters. The van der Waals surface area contributed by atoms with Crippen molar-refractivity contribution in [1.29, 1.82) is 0 Å². The van der Waals surface area contributed by atoms with E-state index in [4.69, 9.17) is 0 Å². The van der Waals surface area contributed by atoms with Crippen LogP contribution in [0.1, 0.15) is 49.5 Å². The van der Waals surface area contributed by atoms with Crippen LogP contribution in [0.25, 0.3) is 0 Å². The van der Waals surface area contributed by atoms with E-state index in [1.165, 1.54) is 5.56 Å². The average Bonchev–Trinajstić information content (AvgIpc) is 2.81. The van der Waals surface area contributed by atoms with Gasteiger partial charge in [0.15, 0.2) is 0 Å². The Balaban J connectivity index is 0.00000306. The van der Waals surface area contributed by atoms with Gasteiger partial charge < -0.3 is 14.9 Å². The van der Waals surface area contributed by atoms with E-state index < -0.39 is 6.23 Å². The smallest absolute Gasteiger partial charge is 0.841 e. The van der Waals surface area contributed by atoms with Gasteiger partial charge in [-0.3, -0.25) is 0 Å². The minimum Gasteiger partial charge on any atom is -0.841 e. The van der Waals surface area contributed by atoms with E-state index in [1.807, 2.05) is 42.3 Å². The maximum atomic E-state index is 14.2. The van der Waals surface area contributed by atoms with Crippen molar-refractivity contribution in [2.45, 2.75) is 39.1 Å². The Morgan fingerprint density at radius 3 is 1.46 bits per heavy atom. The second-order valence-corrected chi connectivity index (χ2v) is 10.2. The molecule has 0 saturated heterocycles. The van der Waals surface area contributed by atoms with Gasteiger partial charge in [0.2, 0.25) is 0 Å². The van der Waals surface area contributed by atoms with Crippen molar-refractivity contribution in [3.8, 4) is 0 Å². The Morgan fingerprint density at radius 1 is 0.657 bits per heavy atom. The first-order valence-corrected chi connectivity index (χ1v) is 11.7. The zero-order valence-electron chi connectivity index (χ0n) is 22.8. The average molecular weight is 457 g/mol. The van der Waals surface area contributed by atoms with E-state index in [9.17, 15) is 5.11 Å². The second kappa shape index (κ2) is 14.4. The Hall–Kier alpha value is -1.40. The van der Waals surface area contributed by atoms with Gasteiger partial charge in [0.1, 0.15) is 0 Å². The Labute approximate surface area is 237 Å². The standard InChI is InChI=1S/C30H38N2O.2Li/c1-30(2,3)26(22-23-16-10-7-11-17-23)29(33)32(6)28(25-20-14-9-15-21-25)27(31(4)5)24-18-12-8-13-19-24;;/h7-22,26-29H,1-6H3;;/q-2;2*+1/t26?,27-,28-,29?;;/m1../s1. The molecular weight excluding hydrogens is 418 g/mol. The van der Waals surface area contributed by atoms with Crippen LogP contribution in [0.2, 0.25) is 0 Å². The summed E-state index contributed by atoms with van der Waals surface area (Å²) in [5, 5.41) is 14.2. The van der Waals surface area contributed by atoms with Crippen molar-refractivity contribution in [3.63, 3.8) is 0 Å². The van der Waals surface area contributed by atoms with Gasteiger partial charge in [0.25, 0.3) is 0 Å². The normalized spacial score (nSPS) is 14.9. The quantitative estimate of drug-likeness (QED) is 0.249. The molecule has 0 radical (unpaired) electrons. The van der Waals surface area contributed by atoms with Gasteiger partial charge >= 0.3 is 37.7 Å². The molecule has 0 spiro atoms. The summed E-state index contributed by atoms with van der Waals surface area (Å²) >= 11 is 0. The fraction of sp³-hybridized carbons (Fsp3) is 0.367. The zero-order valence-corrected chi connectivity index (χ0v) is 22.8. The third-order valence-corrected chi connectivity index (χ3v) is 6.46. The van der Waals surface area contributed by atoms with E-state index in [1.54, 1.807) is 0 Å². The minimum absolute atomic E-state index is 0. The summed E-state index contributed by atoms with van der Waals surface area (Å²) in [4.78, 5) is 4.27. The summed E-state index contributed by atoms with van der Waals surface area (Å²) in [7, 11) is 6.18. The largest absolute Gasteiger partial charge is 1.00 e. The van der Waals surface area contributed by atoms with Crippen molar-refractivity contribution in [2.24, 2.45) is 11.3 Å². The Bertz CT molecular complexity index is 962. The van der Waals surface area contributed by atoms with E-state index in [-0.39, 0.29) is 61.1 Å². The van der Waals surface area contributed by atoms with Crippen LogP contribution in [0, 0.1) is 17.8 Å². The van der Waals surface area contributed by atoms with Gasteiger partial charge in [0.05, 0.1) is 12.1 Å². The molecule has 0 fully saturated rings. The van der Waals surface area contributed by atoms with E-state index in [0.717, 1.165) is 11.1 Å². The summed E-state index contributed by atoms with van der Waals surface area (Å²) in [6.07, 6.45) is 1.24. The monoisotopic (exact) mass is 456 g/mol. The van der Waals surface area contributed by atoms with Crippen LogP contribution in [0.4, 0.5) is 0 Å². The summed E-state index contributed by atoms with van der Waals surface area (Å²) in [6, 6.07) is 31.1. The molecule has 2 unspecified atom stereocenters. The van der Waals surface area contributed by atoms with Crippen molar-refractivity contribution in [2.75, 3.05) is 21.1 Å². The molecule has 5 heteroatoms. The molecule has 3 aromatic carbocycles. The van der Waals surface area contributed by atoms with Gasteiger partial charge in [-0.1, -0.05) is 99.6 Å². The molecule has 0 aliphatic carbocycles. The number of rotatable bonds is 9. The van der Waals surface area contributed by atoms with Crippen molar-refractivity contribution < 1.29 is 42.8 Å². The fourth-order valence-corrected chi connectivity index (χ4v) is 4.65. The maximum Gasteiger partial charge on any atom is 1.00 e. The van der Waals surface area contributed by atoms with Crippen molar-refractivity contribution in [1.82, 2.24) is 9.80 Å². The minimum atomic E-state index is -0.915. The van der Waals surface area contributed by atoms with Crippen LogP contribution in [-0.2, 0) is 0 Å². The molecule has 0 aliphatic heterocycles. The molecule has 35 heavy (non-hydrogen) atoms. The molecule has 3 nitrogen and oxygen atoms in total. The molecule has 0 aromatic heterocycles. The SMILES string of the molecule is CN(C)[C@H](c1ccccc1)[C@@H](c1ccccc1)N(C)C([O-])C([CH-]c1ccccc1)C(C)(C)C.[Li+].[Li+]. The van der Waals surface area contributed by atoms with Gasteiger partial charge in [-0.05, 0) is 37.7 Å². The zero-order chi connectivity index (χ0) is 24.0. The first-order chi connectivity index (χ1) is 15.7. The predicted octanol–water partition coefficient (Wildman–Crippen LogP) is -0.428. The number of benzene rings is 3. The molecular formula is C30H38Li2N2O. The second-order valence-electron chi connectivity index (χ2n) is 10.2. The van der Waals surface area contributed by atoms with E-state index in [0.29, 0.717) is 0 Å². The summed E-state index contributed by atoms with van der Waals surface area (Å²) in [6.45, 7) is 6.48. The summed E-state index contributed by atoms with van der Waals surface area (Å²) in [5.74, 6) is -0.172. The van der Waals surface area contributed by atoms with Gasteiger partial charge in [-0.25, -0.2) is 0 Å². The van der Waals surface area contributed by atoms with Crippen LogP contribution < -0.4 is 42.8 Å². The molecule has 0 N–H and O–H groups in total. The first kappa shape index (κ1) is 31.6. The Kier molecular flexibility index (Phi) is 13.0. The van der Waals surface area contributed by atoms with Crippen LogP contribution in [0.3, 0.4) is 0 Å². The van der Waals surface area contributed by atoms with E-state index >= 15 is 0 Å². The van der Waals surface area contributed by atoms with Crippen LogP contribution in [0.15, 0.2) is 91.0 Å². The number of hydrogen-bond donors (Lipinski definition) is 0. The third kappa shape index (κ3) is 8.31. The number of nitrogens with zero attached hydrogens (tertiary/aromatic N) is 2. The van der Waals surface area contributed by atoms with Crippen LogP contribution in [-0.4, -0.2) is 37.2 Å².